The molecule has 0 fully saturated rings. The van der Waals surface area contributed by atoms with Crippen molar-refractivity contribution in [2.24, 2.45) is 0 Å². The molecule has 0 spiro atoms. The molecular weight excluding hydrogens is 430 g/mol. The van der Waals surface area contributed by atoms with Crippen molar-refractivity contribution in [3.05, 3.63) is 75.4 Å². The van der Waals surface area contributed by atoms with Crippen molar-refractivity contribution in [2.45, 2.75) is 6.54 Å². The Hall–Kier alpha value is -3.60. The van der Waals surface area contributed by atoms with E-state index in [1.807, 2.05) is 0 Å². The first-order chi connectivity index (χ1) is 14.2. The summed E-state index contributed by atoms with van der Waals surface area (Å²) in [5, 5.41) is 10.5. The van der Waals surface area contributed by atoms with Crippen LogP contribution in [0.15, 0.2) is 30.3 Å². The quantitative estimate of drug-likeness (QED) is 0.276. The van der Waals surface area contributed by atoms with E-state index in [1.54, 1.807) is 0 Å². The van der Waals surface area contributed by atoms with E-state index in [9.17, 15) is 27.2 Å². The van der Waals surface area contributed by atoms with E-state index in [-0.39, 0.29) is 39.9 Å². The molecule has 7 nitrogen and oxygen atoms in total. The highest BCUT2D eigenvalue weighted by atomic mass is 35.5. The van der Waals surface area contributed by atoms with Crippen LogP contribution in [-0.2, 0) is 6.54 Å². The number of aromatic nitrogens is 2. The van der Waals surface area contributed by atoms with Gasteiger partial charge in [-0.3, -0.25) is 14.7 Å². The van der Waals surface area contributed by atoms with Crippen LogP contribution in [0, 0.1) is 23.3 Å². The molecule has 2 amide bonds. The summed E-state index contributed by atoms with van der Waals surface area (Å²) >= 11 is 5.73. The molecular formula is C18H12ClF4N5O2. The molecule has 0 unspecified atom stereocenters. The largest absolute Gasteiger partial charge is 0.398 e. The molecule has 0 bridgehead atoms. The second-order valence-corrected chi connectivity index (χ2v) is 6.42. The standard InChI is InChI=1S/C18H12ClF4N5O2/c19-9-3-12(22)11(21)2-8(9)17(29)26-16-5-15(27-28-16)18(30)25-6-7-1-10(20)13(23)4-14(7)24/h1-5H,6,24H2,(H,25,30)(H2,26,27,28,29). The Morgan fingerprint density at radius 3 is 2.33 bits per heavy atom. The molecule has 0 aliphatic carbocycles. The molecule has 2 aromatic carbocycles. The maximum Gasteiger partial charge on any atom is 0.272 e. The third-order valence-electron chi connectivity index (χ3n) is 3.93. The van der Waals surface area contributed by atoms with Gasteiger partial charge in [0.15, 0.2) is 29.0 Å². The number of nitrogens with one attached hydrogen (secondary N) is 3. The fourth-order valence-corrected chi connectivity index (χ4v) is 2.65. The summed E-state index contributed by atoms with van der Waals surface area (Å²) in [6.07, 6.45) is 0. The first-order valence-corrected chi connectivity index (χ1v) is 8.56. The lowest BCUT2D eigenvalue weighted by atomic mass is 10.1. The normalized spacial score (nSPS) is 10.7. The number of H-pyrrole nitrogens is 1. The predicted molar refractivity (Wildman–Crippen MR) is 99.8 cm³/mol. The summed E-state index contributed by atoms with van der Waals surface area (Å²) in [6, 6.07) is 4.09. The van der Waals surface area contributed by atoms with Gasteiger partial charge in [0.05, 0.1) is 10.6 Å². The smallest absolute Gasteiger partial charge is 0.272 e. The van der Waals surface area contributed by atoms with Crippen LogP contribution in [0.3, 0.4) is 0 Å². The molecule has 0 radical (unpaired) electrons. The average Bonchev–Trinajstić information content (AvgIpc) is 3.14. The number of rotatable bonds is 5. The Bertz CT molecular complexity index is 1150. The molecule has 0 saturated carbocycles. The minimum Gasteiger partial charge on any atom is -0.398 e. The van der Waals surface area contributed by atoms with Gasteiger partial charge in [0.1, 0.15) is 5.82 Å². The van der Waals surface area contributed by atoms with Crippen molar-refractivity contribution in [3.8, 4) is 0 Å². The topological polar surface area (TPSA) is 113 Å². The number of nitrogens with zero attached hydrogens (tertiary/aromatic N) is 1. The Balaban J connectivity index is 1.66. The highest BCUT2D eigenvalue weighted by molar-refractivity contribution is 6.34. The second-order valence-electron chi connectivity index (χ2n) is 6.01. The number of benzene rings is 2. The molecule has 5 N–H and O–H groups in total. The zero-order valence-corrected chi connectivity index (χ0v) is 15.6. The number of hydrogen-bond donors (Lipinski definition) is 4. The van der Waals surface area contributed by atoms with Crippen molar-refractivity contribution >= 4 is 34.9 Å². The van der Waals surface area contributed by atoms with Crippen LogP contribution in [0.1, 0.15) is 26.4 Å². The zero-order chi connectivity index (χ0) is 22.0. The number of anilines is 2. The molecule has 0 atom stereocenters. The van der Waals surface area contributed by atoms with Gasteiger partial charge in [-0.1, -0.05) is 11.6 Å². The lowest BCUT2D eigenvalue weighted by Crippen LogP contribution is -2.23. The van der Waals surface area contributed by atoms with Gasteiger partial charge in [0.25, 0.3) is 11.8 Å². The number of nitrogens with two attached hydrogens (primary N) is 1. The van der Waals surface area contributed by atoms with Crippen LogP contribution >= 0.6 is 11.6 Å². The fourth-order valence-electron chi connectivity index (χ4n) is 2.41. The van der Waals surface area contributed by atoms with Gasteiger partial charge in [-0.25, -0.2) is 17.6 Å². The van der Waals surface area contributed by atoms with Crippen LogP contribution < -0.4 is 16.4 Å². The molecule has 0 saturated heterocycles. The van der Waals surface area contributed by atoms with Crippen molar-refractivity contribution in [1.29, 1.82) is 0 Å². The van der Waals surface area contributed by atoms with Gasteiger partial charge in [-0.2, -0.15) is 5.10 Å². The third-order valence-corrected chi connectivity index (χ3v) is 4.25. The van der Waals surface area contributed by atoms with E-state index in [2.05, 4.69) is 20.8 Å². The van der Waals surface area contributed by atoms with Gasteiger partial charge < -0.3 is 16.4 Å². The molecule has 1 heterocycles. The molecule has 1 aromatic heterocycles. The van der Waals surface area contributed by atoms with Crippen molar-refractivity contribution in [1.82, 2.24) is 15.5 Å². The Morgan fingerprint density at radius 2 is 1.60 bits per heavy atom. The summed E-state index contributed by atoms with van der Waals surface area (Å²) in [7, 11) is 0. The lowest BCUT2D eigenvalue weighted by Gasteiger charge is -2.07. The molecule has 156 valence electrons. The van der Waals surface area contributed by atoms with E-state index < -0.39 is 35.1 Å². The average molecular weight is 442 g/mol. The van der Waals surface area contributed by atoms with Crippen molar-refractivity contribution < 1.29 is 27.2 Å². The van der Waals surface area contributed by atoms with Gasteiger partial charge in [0.2, 0.25) is 0 Å². The van der Waals surface area contributed by atoms with Crippen molar-refractivity contribution in [3.63, 3.8) is 0 Å². The monoisotopic (exact) mass is 441 g/mol. The molecule has 0 aliphatic heterocycles. The van der Waals surface area contributed by atoms with E-state index in [0.717, 1.165) is 18.2 Å². The molecule has 3 rings (SSSR count). The number of amides is 2. The second kappa shape index (κ2) is 8.41. The number of aromatic amines is 1. The highest BCUT2D eigenvalue weighted by Crippen LogP contribution is 2.21. The Labute approximate surface area is 171 Å². The SMILES string of the molecule is Nc1cc(F)c(F)cc1CNC(=O)c1cc(NC(=O)c2cc(F)c(F)cc2Cl)[nH]n1. The molecule has 3 aromatic rings. The van der Waals surface area contributed by atoms with E-state index >= 15 is 0 Å². The summed E-state index contributed by atoms with van der Waals surface area (Å²) in [6.45, 7) is -0.207. The number of halogens is 5. The number of hydrogen-bond acceptors (Lipinski definition) is 4. The summed E-state index contributed by atoms with van der Waals surface area (Å²) in [5.41, 5.74) is 5.20. The maximum absolute atomic E-state index is 13.3. The minimum atomic E-state index is -1.26. The number of nitrogen functional groups attached to an aromatic ring is 1. The Kier molecular flexibility index (Phi) is 5.92. The van der Waals surface area contributed by atoms with E-state index in [4.69, 9.17) is 17.3 Å². The first-order valence-electron chi connectivity index (χ1n) is 8.18. The van der Waals surface area contributed by atoms with E-state index in [0.29, 0.717) is 12.1 Å². The Morgan fingerprint density at radius 1 is 0.967 bits per heavy atom. The third kappa shape index (κ3) is 4.51. The summed E-state index contributed by atoms with van der Waals surface area (Å²) < 4.78 is 52.8. The van der Waals surface area contributed by atoms with Crippen LogP contribution in [0.25, 0.3) is 0 Å². The fraction of sp³-hybridized carbons (Fsp3) is 0.0556. The van der Waals surface area contributed by atoms with Crippen LogP contribution in [-0.4, -0.2) is 22.0 Å². The number of carbonyl (C=O) groups is 2. The highest BCUT2D eigenvalue weighted by Gasteiger charge is 2.18. The van der Waals surface area contributed by atoms with E-state index in [1.165, 1.54) is 0 Å². The minimum absolute atomic E-state index is 0.0294. The van der Waals surface area contributed by atoms with Gasteiger partial charge in [-0.05, 0) is 23.8 Å². The zero-order valence-electron chi connectivity index (χ0n) is 14.8. The van der Waals surface area contributed by atoms with Crippen LogP contribution in [0.4, 0.5) is 29.1 Å². The lowest BCUT2D eigenvalue weighted by molar-refractivity contribution is 0.0945. The van der Waals surface area contributed by atoms with Gasteiger partial charge in [-0.15, -0.1) is 0 Å². The molecule has 12 heteroatoms. The summed E-state index contributed by atoms with van der Waals surface area (Å²) in [5.74, 6) is -6.31. The van der Waals surface area contributed by atoms with Crippen LogP contribution in [0.5, 0.6) is 0 Å². The molecule has 0 aliphatic rings. The first kappa shape index (κ1) is 21.1. The van der Waals surface area contributed by atoms with Gasteiger partial charge in [0, 0.05) is 24.4 Å². The number of carbonyl (C=O) groups excluding carboxylic acids is 2. The van der Waals surface area contributed by atoms with Crippen molar-refractivity contribution in [2.75, 3.05) is 11.1 Å². The summed E-state index contributed by atoms with van der Waals surface area (Å²) in [4.78, 5) is 24.3. The predicted octanol–water partition coefficient (Wildman–Crippen LogP) is 3.38. The molecule has 30 heavy (non-hydrogen) atoms. The van der Waals surface area contributed by atoms with Gasteiger partial charge >= 0.3 is 0 Å². The van der Waals surface area contributed by atoms with Crippen LogP contribution in [0.2, 0.25) is 5.02 Å². The maximum atomic E-state index is 13.3.